The predicted octanol–water partition coefficient (Wildman–Crippen LogP) is 6.80. The first kappa shape index (κ1) is 16.3. The molecule has 0 N–H and O–H groups in total. The lowest BCUT2D eigenvalue weighted by molar-refractivity contribution is 0.794. The van der Waals surface area contributed by atoms with E-state index in [1.54, 1.807) is 0 Å². The van der Waals surface area contributed by atoms with Gasteiger partial charge < -0.3 is 0 Å². The van der Waals surface area contributed by atoms with Gasteiger partial charge in [-0.05, 0) is 54.0 Å². The SMILES string of the molecule is CCCCc1ccc(-c2ccc(CCCC)cc2Br)cc1. The fourth-order valence-electron chi connectivity index (χ4n) is 2.56. The largest absolute Gasteiger partial charge is 0.0654 e. The van der Waals surface area contributed by atoms with Crippen LogP contribution in [0.25, 0.3) is 11.1 Å². The molecule has 0 bridgehead atoms. The van der Waals surface area contributed by atoms with Gasteiger partial charge in [0.2, 0.25) is 0 Å². The van der Waals surface area contributed by atoms with E-state index in [1.165, 1.54) is 65.3 Å². The first-order chi connectivity index (χ1) is 10.2. The molecular formula is C20H25Br. The van der Waals surface area contributed by atoms with Gasteiger partial charge in [0.1, 0.15) is 0 Å². The van der Waals surface area contributed by atoms with Crippen molar-refractivity contribution < 1.29 is 0 Å². The second-order valence-corrected chi connectivity index (χ2v) is 6.57. The Labute approximate surface area is 137 Å². The van der Waals surface area contributed by atoms with Crippen LogP contribution in [0.5, 0.6) is 0 Å². The molecule has 112 valence electrons. The van der Waals surface area contributed by atoms with Gasteiger partial charge in [0.05, 0.1) is 0 Å². The third-order valence-electron chi connectivity index (χ3n) is 3.94. The van der Waals surface area contributed by atoms with Crippen LogP contribution >= 0.6 is 15.9 Å². The van der Waals surface area contributed by atoms with E-state index in [-0.39, 0.29) is 0 Å². The number of benzene rings is 2. The van der Waals surface area contributed by atoms with Crippen molar-refractivity contribution in [1.29, 1.82) is 0 Å². The molecular weight excluding hydrogens is 320 g/mol. The second kappa shape index (κ2) is 8.38. The lowest BCUT2D eigenvalue weighted by atomic mass is 9.99. The van der Waals surface area contributed by atoms with Crippen LogP contribution in [0.2, 0.25) is 0 Å². The molecule has 0 aliphatic heterocycles. The van der Waals surface area contributed by atoms with E-state index in [2.05, 4.69) is 72.2 Å². The van der Waals surface area contributed by atoms with E-state index >= 15 is 0 Å². The average Bonchev–Trinajstić information content (AvgIpc) is 2.52. The molecule has 2 aromatic carbocycles. The Morgan fingerprint density at radius 1 is 0.762 bits per heavy atom. The van der Waals surface area contributed by atoms with Gasteiger partial charge in [-0.3, -0.25) is 0 Å². The van der Waals surface area contributed by atoms with Crippen molar-refractivity contribution in [2.24, 2.45) is 0 Å². The van der Waals surface area contributed by atoms with E-state index in [1.807, 2.05) is 0 Å². The van der Waals surface area contributed by atoms with E-state index in [4.69, 9.17) is 0 Å². The molecule has 21 heavy (non-hydrogen) atoms. The summed E-state index contributed by atoms with van der Waals surface area (Å²) in [6.07, 6.45) is 7.40. The van der Waals surface area contributed by atoms with E-state index < -0.39 is 0 Å². The van der Waals surface area contributed by atoms with Crippen LogP contribution in [-0.2, 0) is 12.8 Å². The highest BCUT2D eigenvalue weighted by atomic mass is 79.9. The monoisotopic (exact) mass is 344 g/mol. The molecule has 0 unspecified atom stereocenters. The highest BCUT2D eigenvalue weighted by molar-refractivity contribution is 9.10. The van der Waals surface area contributed by atoms with Crippen LogP contribution < -0.4 is 0 Å². The minimum absolute atomic E-state index is 1.17. The van der Waals surface area contributed by atoms with Crippen molar-refractivity contribution in [3.05, 3.63) is 58.1 Å². The summed E-state index contributed by atoms with van der Waals surface area (Å²) in [7, 11) is 0. The molecule has 2 aromatic rings. The van der Waals surface area contributed by atoms with E-state index in [0.717, 1.165) is 0 Å². The highest BCUT2D eigenvalue weighted by Crippen LogP contribution is 2.30. The predicted molar refractivity (Wildman–Crippen MR) is 96.8 cm³/mol. The summed E-state index contributed by atoms with van der Waals surface area (Å²) in [5.74, 6) is 0. The number of hydrogen-bond acceptors (Lipinski definition) is 0. The van der Waals surface area contributed by atoms with Crippen LogP contribution in [0, 0.1) is 0 Å². The van der Waals surface area contributed by atoms with Crippen LogP contribution in [0.3, 0.4) is 0 Å². The Kier molecular flexibility index (Phi) is 6.50. The molecule has 0 amide bonds. The molecule has 0 saturated heterocycles. The summed E-state index contributed by atoms with van der Waals surface area (Å²) in [4.78, 5) is 0. The lowest BCUT2D eigenvalue weighted by Crippen LogP contribution is -1.88. The summed E-state index contributed by atoms with van der Waals surface area (Å²) in [6, 6.07) is 15.8. The summed E-state index contributed by atoms with van der Waals surface area (Å²) in [6.45, 7) is 4.48. The fourth-order valence-corrected chi connectivity index (χ4v) is 3.22. The van der Waals surface area contributed by atoms with Crippen LogP contribution in [0.4, 0.5) is 0 Å². The van der Waals surface area contributed by atoms with Gasteiger partial charge in [-0.15, -0.1) is 0 Å². The van der Waals surface area contributed by atoms with E-state index in [9.17, 15) is 0 Å². The number of halogens is 1. The summed E-state index contributed by atoms with van der Waals surface area (Å²) < 4.78 is 1.21. The topological polar surface area (TPSA) is 0 Å². The third kappa shape index (κ3) is 4.71. The van der Waals surface area contributed by atoms with Gasteiger partial charge >= 0.3 is 0 Å². The Hall–Kier alpha value is -1.08. The Morgan fingerprint density at radius 3 is 1.90 bits per heavy atom. The number of aryl methyl sites for hydroxylation is 2. The Morgan fingerprint density at radius 2 is 1.33 bits per heavy atom. The summed E-state index contributed by atoms with van der Waals surface area (Å²) in [5, 5.41) is 0. The van der Waals surface area contributed by atoms with Crippen molar-refractivity contribution in [2.45, 2.75) is 52.4 Å². The molecule has 0 aromatic heterocycles. The minimum Gasteiger partial charge on any atom is -0.0654 e. The third-order valence-corrected chi connectivity index (χ3v) is 4.59. The van der Waals surface area contributed by atoms with Crippen LogP contribution in [0.1, 0.15) is 50.7 Å². The number of hydrogen-bond donors (Lipinski definition) is 0. The van der Waals surface area contributed by atoms with Crippen LogP contribution in [0.15, 0.2) is 46.9 Å². The van der Waals surface area contributed by atoms with Crippen LogP contribution in [-0.4, -0.2) is 0 Å². The molecule has 0 fully saturated rings. The van der Waals surface area contributed by atoms with Gasteiger partial charge in [0, 0.05) is 4.47 Å². The Balaban J connectivity index is 2.13. The van der Waals surface area contributed by atoms with Crippen molar-refractivity contribution >= 4 is 15.9 Å². The van der Waals surface area contributed by atoms with E-state index in [0.29, 0.717) is 0 Å². The maximum absolute atomic E-state index is 3.74. The van der Waals surface area contributed by atoms with Gasteiger partial charge in [0.15, 0.2) is 0 Å². The van der Waals surface area contributed by atoms with Crippen molar-refractivity contribution in [1.82, 2.24) is 0 Å². The zero-order chi connectivity index (χ0) is 15.1. The highest BCUT2D eigenvalue weighted by Gasteiger charge is 2.04. The standard InChI is InChI=1S/C20H25Br/c1-3-5-7-16-9-12-18(13-10-16)19-14-11-17(8-6-4-2)15-20(19)21/h9-15H,3-8H2,1-2H3. The van der Waals surface area contributed by atoms with Crippen molar-refractivity contribution in [3.63, 3.8) is 0 Å². The maximum Gasteiger partial charge on any atom is 0.0256 e. The first-order valence-electron chi connectivity index (χ1n) is 8.12. The smallest absolute Gasteiger partial charge is 0.0256 e. The molecule has 0 nitrogen and oxygen atoms in total. The molecule has 0 aliphatic carbocycles. The number of unbranched alkanes of at least 4 members (excludes halogenated alkanes) is 2. The molecule has 1 heteroatoms. The zero-order valence-electron chi connectivity index (χ0n) is 13.2. The molecule has 0 aliphatic rings. The summed E-state index contributed by atoms with van der Waals surface area (Å²) in [5.41, 5.74) is 5.45. The second-order valence-electron chi connectivity index (χ2n) is 5.72. The lowest BCUT2D eigenvalue weighted by Gasteiger charge is -2.09. The number of rotatable bonds is 7. The summed E-state index contributed by atoms with van der Waals surface area (Å²) >= 11 is 3.74. The maximum atomic E-state index is 3.74. The van der Waals surface area contributed by atoms with Gasteiger partial charge in [-0.2, -0.15) is 0 Å². The molecule has 0 heterocycles. The molecule has 0 radical (unpaired) electrons. The Bertz CT molecular complexity index is 555. The fraction of sp³-hybridized carbons (Fsp3) is 0.400. The normalized spacial score (nSPS) is 10.8. The first-order valence-corrected chi connectivity index (χ1v) is 8.91. The minimum atomic E-state index is 1.17. The van der Waals surface area contributed by atoms with Crippen molar-refractivity contribution in [2.75, 3.05) is 0 Å². The quantitative estimate of drug-likeness (QED) is 0.517. The molecule has 0 spiro atoms. The molecule has 0 saturated carbocycles. The molecule has 0 atom stereocenters. The van der Waals surface area contributed by atoms with Gasteiger partial charge in [0.25, 0.3) is 0 Å². The van der Waals surface area contributed by atoms with Crippen molar-refractivity contribution in [3.8, 4) is 11.1 Å². The van der Waals surface area contributed by atoms with Gasteiger partial charge in [-0.1, -0.05) is 79.0 Å². The zero-order valence-corrected chi connectivity index (χ0v) is 14.7. The molecule has 2 rings (SSSR count). The van der Waals surface area contributed by atoms with Gasteiger partial charge in [-0.25, -0.2) is 0 Å². The average molecular weight is 345 g/mol.